The molecule has 4 aromatic carbocycles. The number of hydrogen-bond acceptors (Lipinski definition) is 4. The van der Waals surface area contributed by atoms with Crippen molar-refractivity contribution in [3.05, 3.63) is 123 Å². The monoisotopic (exact) mass is 622 g/mol. The van der Waals surface area contributed by atoms with Crippen LogP contribution < -0.4 is 4.74 Å². The zero-order valence-corrected chi connectivity index (χ0v) is 27.3. The number of ether oxygens (including phenoxy) is 2. The van der Waals surface area contributed by atoms with Crippen LogP contribution in [0.1, 0.15) is 57.9 Å². The second kappa shape index (κ2) is 15.7. The van der Waals surface area contributed by atoms with Crippen molar-refractivity contribution in [2.45, 2.75) is 40.5 Å². The maximum Gasteiger partial charge on any atom is 0.311 e. The first-order chi connectivity index (χ1) is 22.1. The summed E-state index contributed by atoms with van der Waals surface area (Å²) in [7, 11) is 1.61. The molecule has 0 fully saturated rings. The van der Waals surface area contributed by atoms with Gasteiger partial charge in [-0.1, -0.05) is 78.9 Å². The molecule has 0 aliphatic heterocycles. The van der Waals surface area contributed by atoms with E-state index < -0.39 is 18.0 Å². The van der Waals surface area contributed by atoms with Gasteiger partial charge in [0.25, 0.3) is 0 Å². The molecule has 0 saturated carbocycles. The number of aliphatic hydroxyl groups is 1. The largest absolute Gasteiger partial charge is 0.491 e. The molecular formula is C40H43FO5. The Morgan fingerprint density at radius 2 is 1.41 bits per heavy atom. The minimum Gasteiger partial charge on any atom is -0.491 e. The summed E-state index contributed by atoms with van der Waals surface area (Å²) >= 11 is 0. The molecule has 2 N–H and O–H groups in total. The Morgan fingerprint density at radius 3 is 2.00 bits per heavy atom. The fraction of sp³-hybridized carbons (Fsp3) is 0.275. The number of halogens is 1. The molecule has 4 aromatic rings. The van der Waals surface area contributed by atoms with Gasteiger partial charge in [0.1, 0.15) is 18.2 Å². The van der Waals surface area contributed by atoms with Crippen LogP contribution in [0.3, 0.4) is 0 Å². The molecule has 0 radical (unpaired) electrons. The Morgan fingerprint density at radius 1 is 0.804 bits per heavy atom. The Balaban J connectivity index is 1.57. The molecule has 0 aromatic heterocycles. The van der Waals surface area contributed by atoms with Crippen molar-refractivity contribution in [3.63, 3.8) is 0 Å². The van der Waals surface area contributed by atoms with E-state index in [1.54, 1.807) is 32.2 Å². The Labute approximate surface area is 271 Å². The van der Waals surface area contributed by atoms with Gasteiger partial charge < -0.3 is 19.7 Å². The van der Waals surface area contributed by atoms with Gasteiger partial charge in [-0.3, -0.25) is 4.79 Å². The minimum absolute atomic E-state index is 0.316. The lowest BCUT2D eigenvalue weighted by atomic mass is 9.84. The summed E-state index contributed by atoms with van der Waals surface area (Å²) in [5, 5.41) is 19.1. The number of carboxylic acid groups (broad SMARTS) is 1. The molecular weight excluding hydrogens is 579 g/mol. The van der Waals surface area contributed by atoms with Gasteiger partial charge in [-0.2, -0.15) is 0 Å². The number of aryl methyl sites for hydroxylation is 2. The van der Waals surface area contributed by atoms with Crippen LogP contribution in [0.5, 0.6) is 5.75 Å². The van der Waals surface area contributed by atoms with Crippen LogP contribution in [0.15, 0.2) is 72.8 Å². The van der Waals surface area contributed by atoms with Gasteiger partial charge in [0.05, 0.1) is 18.6 Å². The zero-order chi connectivity index (χ0) is 33.3. The summed E-state index contributed by atoms with van der Waals surface area (Å²) < 4.78 is 25.3. The highest BCUT2D eigenvalue weighted by atomic mass is 19.1. The summed E-state index contributed by atoms with van der Waals surface area (Å²) in [5.41, 5.74) is 9.05. The molecule has 240 valence electrons. The average molecular weight is 623 g/mol. The normalized spacial score (nSPS) is 12.9. The molecule has 0 unspecified atom stereocenters. The number of methoxy groups -OCH3 is 1. The highest BCUT2D eigenvalue weighted by molar-refractivity contribution is 5.82. The number of carbonyl (C=O) groups is 1. The molecule has 1 atom stereocenters. The third-order valence-electron chi connectivity index (χ3n) is 8.62. The Hall–Kier alpha value is -4.52. The van der Waals surface area contributed by atoms with E-state index in [0.29, 0.717) is 37.4 Å². The van der Waals surface area contributed by atoms with Crippen LogP contribution in [0.4, 0.5) is 4.39 Å². The van der Waals surface area contributed by atoms with Gasteiger partial charge in [0.2, 0.25) is 0 Å². The van der Waals surface area contributed by atoms with Crippen molar-refractivity contribution < 1.29 is 28.9 Å². The topological polar surface area (TPSA) is 76.0 Å². The lowest BCUT2D eigenvalue weighted by Gasteiger charge is -2.21. The van der Waals surface area contributed by atoms with Crippen LogP contribution in [0.2, 0.25) is 0 Å². The second-order valence-electron chi connectivity index (χ2n) is 11.9. The first-order valence-electron chi connectivity index (χ1n) is 15.5. The second-order valence-corrected chi connectivity index (χ2v) is 11.9. The summed E-state index contributed by atoms with van der Waals surface area (Å²) in [5.74, 6) is -0.712. The fourth-order valence-corrected chi connectivity index (χ4v) is 5.29. The first kappa shape index (κ1) is 34.4. The maximum atomic E-state index is 14.6. The highest BCUT2D eigenvalue weighted by Gasteiger charge is 2.31. The van der Waals surface area contributed by atoms with E-state index in [1.807, 2.05) is 30.3 Å². The molecule has 0 bridgehead atoms. The van der Waals surface area contributed by atoms with Crippen molar-refractivity contribution in [2.24, 2.45) is 5.41 Å². The maximum absolute atomic E-state index is 14.6. The molecule has 0 aliphatic carbocycles. The number of rotatable bonds is 14. The predicted octanol–water partition coefficient (Wildman–Crippen LogP) is 8.80. The molecule has 46 heavy (non-hydrogen) atoms. The van der Waals surface area contributed by atoms with E-state index in [0.717, 1.165) is 50.1 Å². The van der Waals surface area contributed by atoms with Gasteiger partial charge in [-0.05, 0) is 109 Å². The molecule has 4 rings (SSSR count). The smallest absolute Gasteiger partial charge is 0.311 e. The highest BCUT2D eigenvalue weighted by Crippen LogP contribution is 2.32. The van der Waals surface area contributed by atoms with E-state index >= 15 is 0 Å². The summed E-state index contributed by atoms with van der Waals surface area (Å²) in [4.78, 5) is 11.6. The number of benzene rings is 4. The molecule has 5 nitrogen and oxygen atoms in total. The van der Waals surface area contributed by atoms with Crippen molar-refractivity contribution >= 4 is 30.3 Å². The molecule has 0 amide bonds. The first-order valence-corrected chi connectivity index (χ1v) is 15.5. The van der Waals surface area contributed by atoms with Crippen molar-refractivity contribution in [1.82, 2.24) is 0 Å². The fourth-order valence-electron chi connectivity index (χ4n) is 5.29. The predicted molar refractivity (Wildman–Crippen MR) is 185 cm³/mol. The third kappa shape index (κ3) is 8.39. The minimum atomic E-state index is -1.16. The molecule has 0 heterocycles. The zero-order valence-electron chi connectivity index (χ0n) is 27.3. The van der Waals surface area contributed by atoms with Crippen LogP contribution >= 0.6 is 0 Å². The number of aliphatic carboxylic acids is 1. The van der Waals surface area contributed by atoms with Gasteiger partial charge in [0.15, 0.2) is 0 Å². The van der Waals surface area contributed by atoms with Crippen molar-refractivity contribution in [3.8, 4) is 16.9 Å². The van der Waals surface area contributed by atoms with Crippen LogP contribution in [-0.2, 0) is 16.0 Å². The van der Waals surface area contributed by atoms with Gasteiger partial charge >= 0.3 is 5.97 Å². The summed E-state index contributed by atoms with van der Waals surface area (Å²) in [6, 6.07) is 23.3. The van der Waals surface area contributed by atoms with E-state index in [2.05, 4.69) is 63.3 Å². The quantitative estimate of drug-likeness (QED) is 0.109. The SMILES string of the molecule is COCCOc1ccc(F)c(/C=C/c2cccc(-c3cccc(/C=C/c4cc(CC[C@@](C)(CO)C(=O)O)ccc4C)c3C)c2C)c1. The van der Waals surface area contributed by atoms with Gasteiger partial charge in [0, 0.05) is 12.7 Å². The van der Waals surface area contributed by atoms with Crippen LogP contribution in [0, 0.1) is 32.0 Å². The lowest BCUT2D eigenvalue weighted by molar-refractivity contribution is -0.150. The van der Waals surface area contributed by atoms with E-state index in [-0.39, 0.29) is 5.82 Å². The van der Waals surface area contributed by atoms with Crippen LogP contribution in [0.25, 0.3) is 35.4 Å². The molecule has 0 spiro atoms. The van der Waals surface area contributed by atoms with E-state index in [9.17, 15) is 19.4 Å². The van der Waals surface area contributed by atoms with Gasteiger partial charge in [-0.25, -0.2) is 4.39 Å². The third-order valence-corrected chi connectivity index (χ3v) is 8.62. The molecule has 0 aliphatic rings. The van der Waals surface area contributed by atoms with Crippen molar-refractivity contribution in [2.75, 3.05) is 26.9 Å². The Bertz CT molecular complexity index is 1740. The average Bonchev–Trinajstić information content (AvgIpc) is 3.05. The number of hydrogen-bond donors (Lipinski definition) is 2. The van der Waals surface area contributed by atoms with E-state index in [1.165, 1.54) is 6.07 Å². The van der Waals surface area contributed by atoms with E-state index in [4.69, 9.17) is 9.47 Å². The molecule has 6 heteroatoms. The molecule has 0 saturated heterocycles. The summed E-state index contributed by atoms with van der Waals surface area (Å²) in [6.45, 7) is 8.29. The van der Waals surface area contributed by atoms with Crippen molar-refractivity contribution in [1.29, 1.82) is 0 Å². The standard InChI is InChI=1S/C40H43FO5/c1-27-12-13-30(20-21-40(4,26-42)39(43)44)24-33(27)16-14-31-8-6-10-36(28(31)2)37-11-7-9-32(29(37)3)15-17-34-25-35(18-19-38(34)41)46-23-22-45-5/h6-19,24-25,42H,20-23,26H2,1-5H3,(H,43,44)/b16-14+,17-15+/t40-/m0/s1. The lowest BCUT2D eigenvalue weighted by Crippen LogP contribution is -2.32. The number of aliphatic hydroxyl groups excluding tert-OH is 1. The summed E-state index contributed by atoms with van der Waals surface area (Å²) in [6.07, 6.45) is 8.84. The van der Waals surface area contributed by atoms with Gasteiger partial charge in [-0.15, -0.1) is 0 Å². The number of carboxylic acids is 1. The Kier molecular flexibility index (Phi) is 11.7. The van der Waals surface area contributed by atoms with Crippen LogP contribution in [-0.4, -0.2) is 43.1 Å².